The molecule has 3 N–H and O–H groups in total. The number of hydrogen-bond acceptors (Lipinski definition) is 3. The van der Waals surface area contributed by atoms with Gasteiger partial charge >= 0.3 is 0 Å². The van der Waals surface area contributed by atoms with E-state index in [0.29, 0.717) is 0 Å². The van der Waals surface area contributed by atoms with E-state index in [-0.39, 0.29) is 19.3 Å². The van der Waals surface area contributed by atoms with Gasteiger partial charge in [-0.05, 0) is 18.1 Å². The molecular formula is C11H17NO2. The van der Waals surface area contributed by atoms with Gasteiger partial charge in [-0.2, -0.15) is 0 Å². The Morgan fingerprint density at radius 1 is 1.14 bits per heavy atom. The van der Waals surface area contributed by atoms with Crippen LogP contribution in [0.3, 0.4) is 0 Å². The summed E-state index contributed by atoms with van der Waals surface area (Å²) in [5.41, 5.74) is 2.08. The number of aliphatic hydroxyl groups excluding tert-OH is 2. The van der Waals surface area contributed by atoms with Gasteiger partial charge in [0.05, 0.1) is 13.2 Å². The summed E-state index contributed by atoms with van der Waals surface area (Å²) in [5, 5.41) is 20.8. The van der Waals surface area contributed by atoms with E-state index in [1.807, 2.05) is 31.2 Å². The molecule has 3 nitrogen and oxygen atoms in total. The van der Waals surface area contributed by atoms with Crippen LogP contribution >= 0.6 is 0 Å². The van der Waals surface area contributed by atoms with Crippen molar-refractivity contribution >= 4 is 0 Å². The van der Waals surface area contributed by atoms with Crippen molar-refractivity contribution < 1.29 is 10.2 Å². The van der Waals surface area contributed by atoms with Crippen LogP contribution in [-0.2, 0) is 13.2 Å². The SMILES string of the molecule is CC(CO)NCc1ccc(CO)cc1. The first-order valence-corrected chi connectivity index (χ1v) is 4.79. The van der Waals surface area contributed by atoms with Crippen molar-refractivity contribution in [1.29, 1.82) is 0 Å². The lowest BCUT2D eigenvalue weighted by Gasteiger charge is -2.10. The van der Waals surface area contributed by atoms with Crippen molar-refractivity contribution in [3.8, 4) is 0 Å². The Morgan fingerprint density at radius 2 is 1.71 bits per heavy atom. The lowest BCUT2D eigenvalue weighted by atomic mass is 10.1. The van der Waals surface area contributed by atoms with Crippen LogP contribution in [0.1, 0.15) is 18.1 Å². The van der Waals surface area contributed by atoms with E-state index in [1.165, 1.54) is 0 Å². The first kappa shape index (κ1) is 11.2. The van der Waals surface area contributed by atoms with Gasteiger partial charge < -0.3 is 15.5 Å². The van der Waals surface area contributed by atoms with Crippen molar-refractivity contribution in [1.82, 2.24) is 5.32 Å². The predicted molar refractivity (Wildman–Crippen MR) is 55.8 cm³/mol. The van der Waals surface area contributed by atoms with Crippen molar-refractivity contribution in [3.63, 3.8) is 0 Å². The fourth-order valence-corrected chi connectivity index (χ4v) is 1.12. The monoisotopic (exact) mass is 195 g/mol. The Bertz CT molecular complexity index is 258. The molecule has 0 saturated heterocycles. The third-order valence-corrected chi connectivity index (χ3v) is 2.13. The molecule has 78 valence electrons. The quantitative estimate of drug-likeness (QED) is 0.646. The summed E-state index contributed by atoms with van der Waals surface area (Å²) in [6.45, 7) is 2.91. The van der Waals surface area contributed by atoms with Crippen molar-refractivity contribution in [2.45, 2.75) is 26.1 Å². The van der Waals surface area contributed by atoms with Crippen molar-refractivity contribution in [2.75, 3.05) is 6.61 Å². The third kappa shape index (κ3) is 3.46. The highest BCUT2D eigenvalue weighted by Gasteiger charge is 1.98. The van der Waals surface area contributed by atoms with Gasteiger partial charge in [-0.25, -0.2) is 0 Å². The molecular weight excluding hydrogens is 178 g/mol. The smallest absolute Gasteiger partial charge is 0.0681 e. The lowest BCUT2D eigenvalue weighted by molar-refractivity contribution is 0.251. The Hall–Kier alpha value is -0.900. The van der Waals surface area contributed by atoms with Crippen LogP contribution in [0.2, 0.25) is 0 Å². The van der Waals surface area contributed by atoms with Crippen LogP contribution < -0.4 is 5.32 Å². The van der Waals surface area contributed by atoms with E-state index in [1.54, 1.807) is 0 Å². The lowest BCUT2D eigenvalue weighted by Crippen LogP contribution is -2.28. The van der Waals surface area contributed by atoms with E-state index in [0.717, 1.165) is 17.7 Å². The number of hydrogen-bond donors (Lipinski definition) is 3. The second kappa shape index (κ2) is 5.75. The number of aliphatic hydroxyl groups is 2. The zero-order valence-electron chi connectivity index (χ0n) is 8.40. The molecule has 0 radical (unpaired) electrons. The highest BCUT2D eigenvalue weighted by atomic mass is 16.3. The molecule has 14 heavy (non-hydrogen) atoms. The standard InChI is InChI=1S/C11H17NO2/c1-9(7-13)12-6-10-2-4-11(8-14)5-3-10/h2-5,9,12-14H,6-8H2,1H3. The van der Waals surface area contributed by atoms with Gasteiger partial charge in [-0.15, -0.1) is 0 Å². The maximum Gasteiger partial charge on any atom is 0.0681 e. The molecule has 0 saturated carbocycles. The molecule has 0 spiro atoms. The first-order chi connectivity index (χ1) is 6.76. The minimum Gasteiger partial charge on any atom is -0.395 e. The van der Waals surface area contributed by atoms with E-state index < -0.39 is 0 Å². The Labute approximate surface area is 84.4 Å². The van der Waals surface area contributed by atoms with Crippen LogP contribution in [0.5, 0.6) is 0 Å². The number of benzene rings is 1. The van der Waals surface area contributed by atoms with E-state index >= 15 is 0 Å². The minimum atomic E-state index is 0.0841. The maximum absolute atomic E-state index is 8.84. The molecule has 1 atom stereocenters. The molecule has 3 heteroatoms. The van der Waals surface area contributed by atoms with Crippen LogP contribution in [0.4, 0.5) is 0 Å². The average molecular weight is 195 g/mol. The zero-order valence-corrected chi connectivity index (χ0v) is 8.40. The molecule has 0 aliphatic rings. The Morgan fingerprint density at radius 3 is 2.21 bits per heavy atom. The molecule has 1 aromatic carbocycles. The highest BCUT2D eigenvalue weighted by Crippen LogP contribution is 2.04. The van der Waals surface area contributed by atoms with E-state index in [9.17, 15) is 0 Å². The molecule has 1 rings (SSSR count). The van der Waals surface area contributed by atoms with Crippen LogP contribution in [0, 0.1) is 0 Å². The molecule has 1 aromatic rings. The average Bonchev–Trinajstić information content (AvgIpc) is 2.26. The molecule has 0 aromatic heterocycles. The van der Waals surface area contributed by atoms with Gasteiger partial charge in [-0.1, -0.05) is 24.3 Å². The first-order valence-electron chi connectivity index (χ1n) is 4.79. The Balaban J connectivity index is 2.43. The fraction of sp³-hybridized carbons (Fsp3) is 0.455. The second-order valence-corrected chi connectivity index (χ2v) is 3.44. The normalized spacial score (nSPS) is 12.8. The second-order valence-electron chi connectivity index (χ2n) is 3.44. The summed E-state index contributed by atoms with van der Waals surface area (Å²) in [5.74, 6) is 0. The van der Waals surface area contributed by atoms with Crippen LogP contribution in [0.15, 0.2) is 24.3 Å². The summed E-state index contributed by atoms with van der Waals surface area (Å²) in [4.78, 5) is 0. The molecule has 0 heterocycles. The van der Waals surface area contributed by atoms with E-state index in [2.05, 4.69) is 5.32 Å². The molecule has 0 fully saturated rings. The maximum atomic E-state index is 8.84. The summed E-state index contributed by atoms with van der Waals surface area (Å²) < 4.78 is 0. The van der Waals surface area contributed by atoms with Crippen LogP contribution in [-0.4, -0.2) is 22.9 Å². The van der Waals surface area contributed by atoms with Gasteiger partial charge in [0.15, 0.2) is 0 Å². The van der Waals surface area contributed by atoms with Gasteiger partial charge in [0.25, 0.3) is 0 Å². The molecule has 1 unspecified atom stereocenters. The van der Waals surface area contributed by atoms with Crippen molar-refractivity contribution in [3.05, 3.63) is 35.4 Å². The van der Waals surface area contributed by atoms with Gasteiger partial charge in [0, 0.05) is 12.6 Å². The fourth-order valence-electron chi connectivity index (χ4n) is 1.12. The zero-order chi connectivity index (χ0) is 10.4. The van der Waals surface area contributed by atoms with Gasteiger partial charge in [-0.3, -0.25) is 0 Å². The molecule has 0 bridgehead atoms. The summed E-state index contributed by atoms with van der Waals surface area (Å²) in [7, 11) is 0. The number of nitrogens with one attached hydrogen (secondary N) is 1. The Kier molecular flexibility index (Phi) is 4.59. The van der Waals surface area contributed by atoms with Gasteiger partial charge in [0.2, 0.25) is 0 Å². The topological polar surface area (TPSA) is 52.5 Å². The van der Waals surface area contributed by atoms with E-state index in [4.69, 9.17) is 10.2 Å². The number of rotatable bonds is 5. The molecule has 0 aliphatic carbocycles. The molecule has 0 amide bonds. The molecule has 0 aliphatic heterocycles. The van der Waals surface area contributed by atoms with Crippen molar-refractivity contribution in [2.24, 2.45) is 0 Å². The largest absolute Gasteiger partial charge is 0.395 e. The third-order valence-electron chi connectivity index (χ3n) is 2.13. The highest BCUT2D eigenvalue weighted by molar-refractivity contribution is 5.21. The predicted octanol–water partition coefficient (Wildman–Crippen LogP) is 0.649. The summed E-state index contributed by atoms with van der Waals surface area (Å²) in [6, 6.07) is 7.87. The summed E-state index contributed by atoms with van der Waals surface area (Å²) in [6.07, 6.45) is 0. The van der Waals surface area contributed by atoms with Crippen LogP contribution in [0.25, 0.3) is 0 Å². The van der Waals surface area contributed by atoms with Gasteiger partial charge in [0.1, 0.15) is 0 Å². The minimum absolute atomic E-state index is 0.0841. The summed E-state index contributed by atoms with van der Waals surface area (Å²) >= 11 is 0.